The van der Waals surface area contributed by atoms with Gasteiger partial charge in [0.25, 0.3) is 5.91 Å². The van der Waals surface area contributed by atoms with E-state index >= 15 is 0 Å². The first kappa shape index (κ1) is 20.3. The molecule has 1 amide bonds. The van der Waals surface area contributed by atoms with E-state index in [1.807, 2.05) is 23.1 Å². The minimum Gasteiger partial charge on any atom is -0.379 e. The number of carbonyl (C=O) groups excluding carboxylic acids is 1. The number of likely N-dealkylation sites (tertiary alicyclic amines) is 2. The van der Waals surface area contributed by atoms with Gasteiger partial charge in [0.05, 0.1) is 0 Å². The Morgan fingerprint density at radius 1 is 1.19 bits per heavy atom. The van der Waals surface area contributed by atoms with Gasteiger partial charge in [-0.15, -0.1) is 0 Å². The van der Waals surface area contributed by atoms with Gasteiger partial charge in [-0.05, 0) is 64.6 Å². The minimum atomic E-state index is -1.25. The van der Waals surface area contributed by atoms with Gasteiger partial charge in [0.1, 0.15) is 0 Å². The monoisotopic (exact) mass is 373 g/mol. The third kappa shape index (κ3) is 5.31. The van der Waals surface area contributed by atoms with Crippen LogP contribution in [0.1, 0.15) is 45.1 Å². The van der Waals surface area contributed by atoms with E-state index in [9.17, 15) is 9.90 Å². The van der Waals surface area contributed by atoms with Gasteiger partial charge in [-0.1, -0.05) is 30.3 Å². The predicted molar refractivity (Wildman–Crippen MR) is 109 cm³/mol. The lowest BCUT2D eigenvalue weighted by molar-refractivity contribution is -0.156. The Bertz CT molecular complexity index is 599. The summed E-state index contributed by atoms with van der Waals surface area (Å²) in [5.74, 6) is -0.100. The fourth-order valence-corrected chi connectivity index (χ4v) is 4.28. The van der Waals surface area contributed by atoms with Gasteiger partial charge in [0.2, 0.25) is 0 Å². The maximum absolute atomic E-state index is 12.9. The Morgan fingerprint density at radius 2 is 1.89 bits per heavy atom. The van der Waals surface area contributed by atoms with Crippen LogP contribution in [0.5, 0.6) is 0 Å². The van der Waals surface area contributed by atoms with Gasteiger partial charge in [0, 0.05) is 31.7 Å². The second-order valence-electron chi connectivity index (χ2n) is 8.45. The first-order valence-electron chi connectivity index (χ1n) is 10.5. The summed E-state index contributed by atoms with van der Waals surface area (Å²) in [5.41, 5.74) is -0.0149. The number of nitrogens with one attached hydrogen (secondary N) is 1. The van der Waals surface area contributed by atoms with Crippen LogP contribution in [0, 0.1) is 0 Å². The molecule has 5 heteroatoms. The number of benzene rings is 1. The highest BCUT2D eigenvalue weighted by Gasteiger charge is 2.42. The predicted octanol–water partition coefficient (Wildman–Crippen LogP) is 2.04. The van der Waals surface area contributed by atoms with Crippen molar-refractivity contribution in [2.24, 2.45) is 0 Å². The Labute approximate surface area is 163 Å². The summed E-state index contributed by atoms with van der Waals surface area (Å²) < 4.78 is 0. The van der Waals surface area contributed by atoms with Crippen LogP contribution in [0.15, 0.2) is 30.3 Å². The van der Waals surface area contributed by atoms with Gasteiger partial charge in [-0.3, -0.25) is 4.79 Å². The van der Waals surface area contributed by atoms with Crippen molar-refractivity contribution in [3.8, 4) is 0 Å². The number of rotatable bonds is 7. The van der Waals surface area contributed by atoms with Gasteiger partial charge in [0.15, 0.2) is 5.60 Å². The molecule has 2 aliphatic rings. The molecular weight excluding hydrogens is 338 g/mol. The quantitative estimate of drug-likeness (QED) is 0.768. The Kier molecular flexibility index (Phi) is 6.90. The van der Waals surface area contributed by atoms with Gasteiger partial charge < -0.3 is 20.2 Å². The van der Waals surface area contributed by atoms with Crippen LogP contribution in [0.4, 0.5) is 0 Å². The van der Waals surface area contributed by atoms with E-state index in [1.165, 1.54) is 5.56 Å². The van der Waals surface area contributed by atoms with E-state index < -0.39 is 5.60 Å². The van der Waals surface area contributed by atoms with E-state index in [0.717, 1.165) is 45.3 Å². The Balaban J connectivity index is 1.48. The smallest absolute Gasteiger partial charge is 0.255 e. The van der Waals surface area contributed by atoms with E-state index in [0.29, 0.717) is 31.6 Å². The highest BCUT2D eigenvalue weighted by Crippen LogP contribution is 2.23. The highest BCUT2D eigenvalue weighted by atomic mass is 16.3. The standard InChI is InChI=1S/C22H35N3O2/c1-18(2)24-15-10-20(11-16-24)23-17-22(27)12-6-13-25(21(22)26)14-9-19-7-4-3-5-8-19/h3-5,7-8,18,20,23,27H,6,9-17H2,1-2H3/t22-/m0/s1. The van der Waals surface area contributed by atoms with Crippen molar-refractivity contribution < 1.29 is 9.90 Å². The van der Waals surface area contributed by atoms with Gasteiger partial charge >= 0.3 is 0 Å². The average molecular weight is 374 g/mol. The molecule has 1 atom stereocenters. The van der Waals surface area contributed by atoms with Crippen molar-refractivity contribution >= 4 is 5.91 Å². The van der Waals surface area contributed by atoms with Crippen LogP contribution in [0.2, 0.25) is 0 Å². The molecule has 2 saturated heterocycles. The molecule has 0 saturated carbocycles. The Morgan fingerprint density at radius 3 is 2.56 bits per heavy atom. The summed E-state index contributed by atoms with van der Waals surface area (Å²) in [6.45, 7) is 8.46. The first-order valence-corrected chi connectivity index (χ1v) is 10.5. The van der Waals surface area contributed by atoms with Crippen molar-refractivity contribution in [3.63, 3.8) is 0 Å². The lowest BCUT2D eigenvalue weighted by atomic mass is 9.90. The van der Waals surface area contributed by atoms with Crippen molar-refractivity contribution in [1.82, 2.24) is 15.1 Å². The molecule has 0 unspecified atom stereocenters. The van der Waals surface area contributed by atoms with Crippen molar-refractivity contribution in [3.05, 3.63) is 35.9 Å². The van der Waals surface area contributed by atoms with Crippen LogP contribution in [-0.4, -0.2) is 71.2 Å². The number of hydrogen-bond donors (Lipinski definition) is 2. The van der Waals surface area contributed by atoms with Crippen LogP contribution in [0.3, 0.4) is 0 Å². The number of nitrogens with zero attached hydrogens (tertiary/aromatic N) is 2. The fraction of sp³-hybridized carbons (Fsp3) is 0.682. The molecular formula is C22H35N3O2. The Hall–Kier alpha value is -1.43. The lowest BCUT2D eigenvalue weighted by Crippen LogP contribution is -2.59. The minimum absolute atomic E-state index is 0.100. The molecule has 2 aliphatic heterocycles. The molecule has 3 rings (SSSR count). The fourth-order valence-electron chi connectivity index (χ4n) is 4.28. The largest absolute Gasteiger partial charge is 0.379 e. The molecule has 2 heterocycles. The summed E-state index contributed by atoms with van der Waals surface area (Å²) in [4.78, 5) is 17.2. The number of amides is 1. The maximum atomic E-state index is 12.9. The number of piperidine rings is 2. The number of aliphatic hydroxyl groups is 1. The average Bonchev–Trinajstić information content (AvgIpc) is 2.69. The third-order valence-corrected chi connectivity index (χ3v) is 6.16. The normalized spacial score (nSPS) is 25.3. The zero-order valence-electron chi connectivity index (χ0n) is 16.9. The topological polar surface area (TPSA) is 55.8 Å². The summed E-state index contributed by atoms with van der Waals surface area (Å²) in [6.07, 6.45) is 4.43. The zero-order valence-corrected chi connectivity index (χ0v) is 16.9. The zero-order chi connectivity index (χ0) is 19.3. The molecule has 2 fully saturated rings. The molecule has 5 nitrogen and oxygen atoms in total. The summed E-state index contributed by atoms with van der Waals surface area (Å²) >= 11 is 0. The van der Waals surface area contributed by atoms with E-state index in [2.05, 4.69) is 36.2 Å². The molecule has 2 N–H and O–H groups in total. The summed E-state index contributed by atoms with van der Waals surface area (Å²) in [7, 11) is 0. The van der Waals surface area contributed by atoms with Crippen LogP contribution in [0.25, 0.3) is 0 Å². The molecule has 1 aromatic carbocycles. The number of carbonyl (C=O) groups is 1. The molecule has 150 valence electrons. The third-order valence-electron chi connectivity index (χ3n) is 6.16. The highest BCUT2D eigenvalue weighted by molar-refractivity contribution is 5.86. The molecule has 0 bridgehead atoms. The SMILES string of the molecule is CC(C)N1CCC(NC[C@@]2(O)CCCN(CCc3ccccc3)C2=O)CC1. The lowest BCUT2D eigenvalue weighted by Gasteiger charge is -2.40. The van der Waals surface area contributed by atoms with Crippen LogP contribution >= 0.6 is 0 Å². The first-order chi connectivity index (χ1) is 13.0. The second-order valence-corrected chi connectivity index (χ2v) is 8.45. The van der Waals surface area contributed by atoms with Crippen LogP contribution < -0.4 is 5.32 Å². The molecule has 0 aromatic heterocycles. The van der Waals surface area contributed by atoms with E-state index in [1.54, 1.807) is 0 Å². The van der Waals surface area contributed by atoms with E-state index in [-0.39, 0.29) is 5.91 Å². The van der Waals surface area contributed by atoms with E-state index in [4.69, 9.17) is 0 Å². The maximum Gasteiger partial charge on any atom is 0.255 e. The molecule has 0 aliphatic carbocycles. The second kappa shape index (κ2) is 9.18. The number of hydrogen-bond acceptors (Lipinski definition) is 4. The van der Waals surface area contributed by atoms with Gasteiger partial charge in [-0.2, -0.15) is 0 Å². The summed E-state index contributed by atoms with van der Waals surface area (Å²) in [6, 6.07) is 11.2. The van der Waals surface area contributed by atoms with Gasteiger partial charge in [-0.25, -0.2) is 0 Å². The van der Waals surface area contributed by atoms with Crippen molar-refractivity contribution in [1.29, 1.82) is 0 Å². The molecule has 27 heavy (non-hydrogen) atoms. The molecule has 0 radical (unpaired) electrons. The molecule has 0 spiro atoms. The van der Waals surface area contributed by atoms with Crippen molar-refractivity contribution in [2.45, 2.75) is 63.6 Å². The van der Waals surface area contributed by atoms with Crippen LogP contribution in [-0.2, 0) is 11.2 Å². The molecule has 1 aromatic rings. The van der Waals surface area contributed by atoms with Crippen molar-refractivity contribution in [2.75, 3.05) is 32.7 Å². The summed E-state index contributed by atoms with van der Waals surface area (Å²) in [5, 5.41) is 14.5.